The first-order valence-corrected chi connectivity index (χ1v) is 4.32. The summed E-state index contributed by atoms with van der Waals surface area (Å²) in [5.41, 5.74) is 0. The lowest BCUT2D eigenvalue weighted by atomic mass is 10.3. The number of allylic oxidation sites excluding steroid dienone is 1. The Morgan fingerprint density at radius 2 is 2.56 bits per heavy atom. The van der Waals surface area contributed by atoms with Crippen molar-refractivity contribution in [1.29, 1.82) is 0 Å². The standard InChI is InChI=1S/C7H13NS/c1-3-4-7-5-8-6(2)9-7/h5-6,8H,3-4H2,1-2H3. The Kier molecular flexibility index (Phi) is 2.46. The van der Waals surface area contributed by atoms with E-state index in [1.165, 1.54) is 17.7 Å². The van der Waals surface area contributed by atoms with E-state index in [1.54, 1.807) is 0 Å². The van der Waals surface area contributed by atoms with Gasteiger partial charge in [0.1, 0.15) is 0 Å². The Bertz CT molecular complexity index is 120. The third-order valence-corrected chi connectivity index (χ3v) is 2.42. The molecule has 9 heavy (non-hydrogen) atoms. The first kappa shape index (κ1) is 7.00. The van der Waals surface area contributed by atoms with E-state index >= 15 is 0 Å². The van der Waals surface area contributed by atoms with Crippen LogP contribution in [0.4, 0.5) is 0 Å². The van der Waals surface area contributed by atoms with Crippen molar-refractivity contribution in [3.05, 3.63) is 11.1 Å². The van der Waals surface area contributed by atoms with Crippen molar-refractivity contribution in [1.82, 2.24) is 5.32 Å². The summed E-state index contributed by atoms with van der Waals surface area (Å²) in [6.45, 7) is 4.40. The third-order valence-electron chi connectivity index (χ3n) is 1.30. The first-order chi connectivity index (χ1) is 4.33. The van der Waals surface area contributed by atoms with Crippen LogP contribution in [0.3, 0.4) is 0 Å². The smallest absolute Gasteiger partial charge is 0.0733 e. The molecule has 0 saturated carbocycles. The van der Waals surface area contributed by atoms with Gasteiger partial charge in [-0.15, -0.1) is 11.8 Å². The van der Waals surface area contributed by atoms with Crippen LogP contribution >= 0.6 is 11.8 Å². The summed E-state index contributed by atoms with van der Waals surface area (Å²) in [5, 5.41) is 3.86. The zero-order valence-electron chi connectivity index (χ0n) is 5.98. The molecule has 0 bridgehead atoms. The fourth-order valence-electron chi connectivity index (χ4n) is 0.883. The third kappa shape index (κ3) is 1.94. The molecule has 52 valence electrons. The van der Waals surface area contributed by atoms with Crippen molar-refractivity contribution in [2.45, 2.75) is 32.1 Å². The van der Waals surface area contributed by atoms with Gasteiger partial charge in [-0.05, 0) is 13.3 Å². The van der Waals surface area contributed by atoms with Gasteiger partial charge in [-0.1, -0.05) is 13.3 Å². The van der Waals surface area contributed by atoms with Gasteiger partial charge in [0, 0.05) is 11.1 Å². The second-order valence-electron chi connectivity index (χ2n) is 2.29. The Hall–Kier alpha value is -0.110. The molecule has 1 rings (SSSR count). The summed E-state index contributed by atoms with van der Waals surface area (Å²) in [6, 6.07) is 0. The quantitative estimate of drug-likeness (QED) is 0.636. The van der Waals surface area contributed by atoms with E-state index in [4.69, 9.17) is 0 Å². The zero-order valence-corrected chi connectivity index (χ0v) is 6.79. The highest BCUT2D eigenvalue weighted by Crippen LogP contribution is 2.28. The molecule has 1 aliphatic heterocycles. The maximum Gasteiger partial charge on any atom is 0.0733 e. The Labute approximate surface area is 60.9 Å². The summed E-state index contributed by atoms with van der Waals surface area (Å²) in [6.07, 6.45) is 4.63. The number of hydrogen-bond acceptors (Lipinski definition) is 2. The van der Waals surface area contributed by atoms with E-state index in [1.807, 2.05) is 11.8 Å². The van der Waals surface area contributed by atoms with Crippen LogP contribution in [0.5, 0.6) is 0 Å². The molecule has 1 heterocycles. The van der Waals surface area contributed by atoms with Gasteiger partial charge in [-0.3, -0.25) is 0 Å². The van der Waals surface area contributed by atoms with Crippen LogP contribution in [0.15, 0.2) is 11.1 Å². The summed E-state index contributed by atoms with van der Waals surface area (Å²) < 4.78 is 0. The number of thioether (sulfide) groups is 1. The Balaban J connectivity index is 2.27. The van der Waals surface area contributed by atoms with Crippen LogP contribution in [-0.4, -0.2) is 5.37 Å². The summed E-state index contributed by atoms with van der Waals surface area (Å²) in [4.78, 5) is 1.50. The minimum Gasteiger partial charge on any atom is -0.379 e. The van der Waals surface area contributed by atoms with E-state index in [0.29, 0.717) is 5.37 Å². The van der Waals surface area contributed by atoms with Crippen molar-refractivity contribution >= 4 is 11.8 Å². The van der Waals surface area contributed by atoms with Crippen molar-refractivity contribution in [3.8, 4) is 0 Å². The van der Waals surface area contributed by atoms with E-state index in [0.717, 1.165) is 0 Å². The second kappa shape index (κ2) is 3.16. The number of hydrogen-bond donors (Lipinski definition) is 1. The lowest BCUT2D eigenvalue weighted by Gasteiger charge is -2.00. The van der Waals surface area contributed by atoms with Gasteiger partial charge >= 0.3 is 0 Å². The second-order valence-corrected chi connectivity index (χ2v) is 3.75. The average molecular weight is 143 g/mol. The normalized spacial score (nSPS) is 25.6. The topological polar surface area (TPSA) is 12.0 Å². The molecule has 2 heteroatoms. The fourth-order valence-corrected chi connectivity index (χ4v) is 1.93. The largest absolute Gasteiger partial charge is 0.379 e. The van der Waals surface area contributed by atoms with E-state index in [9.17, 15) is 0 Å². The summed E-state index contributed by atoms with van der Waals surface area (Å²) in [5.74, 6) is 0. The highest BCUT2D eigenvalue weighted by atomic mass is 32.2. The maximum atomic E-state index is 3.26. The van der Waals surface area contributed by atoms with Crippen LogP contribution in [0.1, 0.15) is 26.7 Å². The molecule has 0 aromatic carbocycles. The van der Waals surface area contributed by atoms with Crippen molar-refractivity contribution in [3.63, 3.8) is 0 Å². The molecule has 1 atom stereocenters. The number of nitrogens with one attached hydrogen (secondary N) is 1. The van der Waals surface area contributed by atoms with Crippen LogP contribution in [-0.2, 0) is 0 Å². The van der Waals surface area contributed by atoms with Gasteiger partial charge in [0.2, 0.25) is 0 Å². The van der Waals surface area contributed by atoms with Gasteiger partial charge in [0.25, 0.3) is 0 Å². The number of rotatable bonds is 2. The lowest BCUT2D eigenvalue weighted by molar-refractivity contribution is 0.868. The molecule has 0 aromatic rings. The van der Waals surface area contributed by atoms with Crippen LogP contribution in [0, 0.1) is 0 Å². The monoisotopic (exact) mass is 143 g/mol. The van der Waals surface area contributed by atoms with E-state index in [2.05, 4.69) is 25.4 Å². The van der Waals surface area contributed by atoms with E-state index < -0.39 is 0 Å². The lowest BCUT2D eigenvalue weighted by Crippen LogP contribution is -2.09. The molecular weight excluding hydrogens is 130 g/mol. The predicted octanol–water partition coefficient (Wildman–Crippen LogP) is 2.31. The maximum absolute atomic E-state index is 3.26. The molecule has 0 aromatic heterocycles. The van der Waals surface area contributed by atoms with Gasteiger partial charge in [-0.2, -0.15) is 0 Å². The zero-order chi connectivity index (χ0) is 6.69. The van der Waals surface area contributed by atoms with Crippen LogP contribution in [0.2, 0.25) is 0 Å². The SMILES string of the molecule is CCCC1=CNC(C)S1. The fraction of sp³-hybridized carbons (Fsp3) is 0.714. The van der Waals surface area contributed by atoms with E-state index in [-0.39, 0.29) is 0 Å². The van der Waals surface area contributed by atoms with Gasteiger partial charge < -0.3 is 5.32 Å². The molecule has 0 radical (unpaired) electrons. The molecule has 0 saturated heterocycles. The van der Waals surface area contributed by atoms with Crippen LogP contribution < -0.4 is 5.32 Å². The minimum absolute atomic E-state index is 0.603. The minimum atomic E-state index is 0.603. The molecule has 1 aliphatic rings. The molecule has 0 aliphatic carbocycles. The summed E-state index contributed by atoms with van der Waals surface area (Å²) >= 11 is 1.94. The highest BCUT2D eigenvalue weighted by Gasteiger charge is 2.09. The molecule has 1 nitrogen and oxygen atoms in total. The molecule has 0 amide bonds. The predicted molar refractivity (Wildman–Crippen MR) is 43.2 cm³/mol. The molecule has 0 fully saturated rings. The summed E-state index contributed by atoms with van der Waals surface area (Å²) in [7, 11) is 0. The van der Waals surface area contributed by atoms with Gasteiger partial charge in [0.05, 0.1) is 5.37 Å². The van der Waals surface area contributed by atoms with Gasteiger partial charge in [0.15, 0.2) is 0 Å². The molecule has 1 N–H and O–H groups in total. The average Bonchev–Trinajstić information content (AvgIpc) is 2.17. The highest BCUT2D eigenvalue weighted by molar-refractivity contribution is 8.03. The van der Waals surface area contributed by atoms with Crippen molar-refractivity contribution < 1.29 is 0 Å². The molecule has 0 spiro atoms. The molecule has 1 unspecified atom stereocenters. The molecular formula is C7H13NS. The Morgan fingerprint density at radius 3 is 3.00 bits per heavy atom. The first-order valence-electron chi connectivity index (χ1n) is 3.44. The Morgan fingerprint density at radius 1 is 1.78 bits per heavy atom. The van der Waals surface area contributed by atoms with Crippen LogP contribution in [0.25, 0.3) is 0 Å². The van der Waals surface area contributed by atoms with Crippen molar-refractivity contribution in [2.24, 2.45) is 0 Å². The van der Waals surface area contributed by atoms with Gasteiger partial charge in [-0.25, -0.2) is 0 Å². The van der Waals surface area contributed by atoms with Crippen molar-refractivity contribution in [2.75, 3.05) is 0 Å².